The Hall–Kier alpha value is -0.980. The normalized spacial score (nSPS) is 12.1. The van der Waals surface area contributed by atoms with Crippen LogP contribution in [0.1, 0.15) is 18.1 Å². The quantitative estimate of drug-likeness (QED) is 0.885. The highest BCUT2D eigenvalue weighted by Gasteiger charge is 2.23. The van der Waals surface area contributed by atoms with Gasteiger partial charge in [0.2, 0.25) is 10.0 Å². The van der Waals surface area contributed by atoms with Crippen molar-refractivity contribution >= 4 is 10.0 Å². The van der Waals surface area contributed by atoms with Crippen molar-refractivity contribution in [1.82, 2.24) is 4.31 Å². The van der Waals surface area contributed by atoms with Gasteiger partial charge in [0.05, 0.1) is 4.90 Å². The molecule has 0 heterocycles. The highest BCUT2D eigenvalue weighted by atomic mass is 32.2. The van der Waals surface area contributed by atoms with Crippen LogP contribution in [0.5, 0.6) is 0 Å². The molecule has 96 valence electrons. The smallest absolute Gasteiger partial charge is 0.243 e. The summed E-state index contributed by atoms with van der Waals surface area (Å²) in [6.07, 6.45) is 0. The van der Waals surface area contributed by atoms with Gasteiger partial charge in [0.1, 0.15) is 5.82 Å². The van der Waals surface area contributed by atoms with Gasteiger partial charge in [-0.05, 0) is 24.6 Å². The maximum absolute atomic E-state index is 13.6. The fourth-order valence-electron chi connectivity index (χ4n) is 1.43. The van der Waals surface area contributed by atoms with Crippen LogP contribution in [0.25, 0.3) is 0 Å². The van der Waals surface area contributed by atoms with E-state index in [1.54, 1.807) is 6.92 Å². The second kappa shape index (κ2) is 5.12. The Bertz CT molecular complexity index is 514. The first-order valence-corrected chi connectivity index (χ1v) is 6.74. The lowest BCUT2D eigenvalue weighted by Crippen LogP contribution is -2.27. The molecule has 6 heteroatoms. The van der Waals surface area contributed by atoms with Crippen molar-refractivity contribution in [1.29, 1.82) is 0 Å². The lowest BCUT2D eigenvalue weighted by molar-refractivity contribution is 0.484. The second-order valence-electron chi connectivity index (χ2n) is 3.82. The van der Waals surface area contributed by atoms with Gasteiger partial charge in [0.25, 0.3) is 0 Å². The lowest BCUT2D eigenvalue weighted by atomic mass is 10.1. The third-order valence-electron chi connectivity index (χ3n) is 2.73. The first-order chi connectivity index (χ1) is 7.84. The van der Waals surface area contributed by atoms with E-state index in [1.165, 1.54) is 30.4 Å². The number of benzene rings is 1. The minimum atomic E-state index is -3.64. The van der Waals surface area contributed by atoms with Crippen LogP contribution < -0.4 is 5.73 Å². The van der Waals surface area contributed by atoms with Crippen LogP contribution in [0.2, 0.25) is 0 Å². The molecule has 0 spiro atoms. The van der Waals surface area contributed by atoms with Gasteiger partial charge < -0.3 is 5.73 Å². The molecular weight excluding hydrogens is 243 g/mol. The minimum Gasteiger partial charge on any atom is -0.326 e. The summed E-state index contributed by atoms with van der Waals surface area (Å²) in [5.74, 6) is -0.545. The summed E-state index contributed by atoms with van der Waals surface area (Å²) >= 11 is 0. The van der Waals surface area contributed by atoms with Gasteiger partial charge in [-0.3, -0.25) is 0 Å². The molecule has 0 atom stereocenters. The van der Waals surface area contributed by atoms with E-state index in [9.17, 15) is 12.8 Å². The van der Waals surface area contributed by atoms with Crippen molar-refractivity contribution in [2.24, 2.45) is 5.73 Å². The Morgan fingerprint density at radius 3 is 2.47 bits per heavy atom. The van der Waals surface area contributed by atoms with Crippen LogP contribution in [0.15, 0.2) is 17.0 Å². The average molecular weight is 260 g/mol. The molecule has 0 amide bonds. The molecule has 0 aliphatic rings. The monoisotopic (exact) mass is 260 g/mol. The Balaban J connectivity index is 3.45. The van der Waals surface area contributed by atoms with Gasteiger partial charge in [0, 0.05) is 25.7 Å². The number of nitrogens with two attached hydrogens (primary N) is 1. The molecule has 0 radical (unpaired) electrons. The predicted octanol–water partition coefficient (Wildman–Crippen LogP) is 1.23. The minimum absolute atomic E-state index is 0.0118. The summed E-state index contributed by atoms with van der Waals surface area (Å²) in [7, 11) is -2.18. The van der Waals surface area contributed by atoms with Crippen LogP contribution in [0.4, 0.5) is 4.39 Å². The maximum Gasteiger partial charge on any atom is 0.243 e. The Labute approximate surface area is 101 Å². The van der Waals surface area contributed by atoms with Gasteiger partial charge in [-0.15, -0.1) is 0 Å². The molecule has 0 saturated heterocycles. The zero-order chi connectivity index (χ0) is 13.2. The topological polar surface area (TPSA) is 63.4 Å². The Kier molecular flexibility index (Phi) is 4.24. The summed E-state index contributed by atoms with van der Waals surface area (Å²) in [6, 6.07) is 2.69. The molecule has 4 nitrogen and oxygen atoms in total. The van der Waals surface area contributed by atoms with E-state index >= 15 is 0 Å². The van der Waals surface area contributed by atoms with Crippen molar-refractivity contribution < 1.29 is 12.8 Å². The standard InChI is InChI=1S/C11H17FN2O2S/c1-4-14(3)17(15,16)11-6-9(7-13)5-10(12)8(11)2/h5-6H,4,7,13H2,1-3H3. The number of hydrogen-bond acceptors (Lipinski definition) is 3. The van der Waals surface area contributed by atoms with E-state index < -0.39 is 15.8 Å². The SMILES string of the molecule is CCN(C)S(=O)(=O)c1cc(CN)cc(F)c1C. The summed E-state index contributed by atoms with van der Waals surface area (Å²) in [5, 5.41) is 0. The molecule has 0 aromatic heterocycles. The van der Waals surface area contributed by atoms with Crippen LogP contribution in [-0.2, 0) is 16.6 Å². The number of hydrogen-bond donors (Lipinski definition) is 1. The number of halogens is 1. The Morgan fingerprint density at radius 1 is 1.41 bits per heavy atom. The van der Waals surface area contributed by atoms with Gasteiger partial charge in [-0.1, -0.05) is 6.92 Å². The summed E-state index contributed by atoms with van der Waals surface area (Å²) in [5.41, 5.74) is 6.01. The van der Waals surface area contributed by atoms with E-state index in [4.69, 9.17) is 5.73 Å². The van der Waals surface area contributed by atoms with Crippen LogP contribution in [0, 0.1) is 12.7 Å². The van der Waals surface area contributed by atoms with Crippen LogP contribution in [0.3, 0.4) is 0 Å². The number of nitrogens with zero attached hydrogens (tertiary/aromatic N) is 1. The molecule has 0 aliphatic carbocycles. The third-order valence-corrected chi connectivity index (χ3v) is 4.78. The van der Waals surface area contributed by atoms with Gasteiger partial charge in [-0.2, -0.15) is 0 Å². The molecule has 17 heavy (non-hydrogen) atoms. The largest absolute Gasteiger partial charge is 0.326 e. The molecule has 0 bridgehead atoms. The van der Waals surface area contributed by atoms with E-state index in [1.807, 2.05) is 0 Å². The molecule has 1 rings (SSSR count). The molecule has 0 saturated carbocycles. The van der Waals surface area contributed by atoms with Gasteiger partial charge >= 0.3 is 0 Å². The molecule has 1 aromatic rings. The fourth-order valence-corrected chi connectivity index (χ4v) is 2.89. The van der Waals surface area contributed by atoms with E-state index in [2.05, 4.69) is 0 Å². The Morgan fingerprint density at radius 2 is 2.00 bits per heavy atom. The predicted molar refractivity (Wildman–Crippen MR) is 64.5 cm³/mol. The highest BCUT2D eigenvalue weighted by molar-refractivity contribution is 7.89. The summed E-state index contributed by atoms with van der Waals surface area (Å²) in [4.78, 5) is -0.0118. The molecule has 0 aliphatic heterocycles. The maximum atomic E-state index is 13.6. The lowest BCUT2D eigenvalue weighted by Gasteiger charge is -2.17. The van der Waals surface area contributed by atoms with E-state index in [0.29, 0.717) is 12.1 Å². The number of rotatable bonds is 4. The summed E-state index contributed by atoms with van der Waals surface area (Å²) in [6.45, 7) is 3.61. The molecule has 2 N–H and O–H groups in total. The molecule has 0 unspecified atom stereocenters. The fraction of sp³-hybridized carbons (Fsp3) is 0.455. The third kappa shape index (κ3) is 2.65. The van der Waals surface area contributed by atoms with Crippen molar-refractivity contribution in [3.63, 3.8) is 0 Å². The van der Waals surface area contributed by atoms with E-state index in [-0.39, 0.29) is 17.0 Å². The first kappa shape index (κ1) is 14.1. The number of sulfonamides is 1. The van der Waals surface area contributed by atoms with Gasteiger partial charge in [-0.25, -0.2) is 17.1 Å². The summed E-state index contributed by atoms with van der Waals surface area (Å²) < 4.78 is 39.0. The van der Waals surface area contributed by atoms with Crippen molar-refractivity contribution in [2.45, 2.75) is 25.3 Å². The first-order valence-electron chi connectivity index (χ1n) is 5.30. The molecule has 1 aromatic carbocycles. The zero-order valence-corrected chi connectivity index (χ0v) is 11.0. The van der Waals surface area contributed by atoms with Gasteiger partial charge in [0.15, 0.2) is 0 Å². The average Bonchev–Trinajstić information content (AvgIpc) is 2.30. The van der Waals surface area contributed by atoms with Crippen molar-refractivity contribution in [2.75, 3.05) is 13.6 Å². The van der Waals surface area contributed by atoms with Crippen LogP contribution in [-0.4, -0.2) is 26.3 Å². The second-order valence-corrected chi connectivity index (χ2v) is 5.84. The zero-order valence-electron chi connectivity index (χ0n) is 10.2. The van der Waals surface area contributed by atoms with E-state index in [0.717, 1.165) is 0 Å². The van der Waals surface area contributed by atoms with Crippen molar-refractivity contribution in [3.8, 4) is 0 Å². The van der Waals surface area contributed by atoms with Crippen molar-refractivity contribution in [3.05, 3.63) is 29.1 Å². The molecular formula is C11H17FN2O2S. The van der Waals surface area contributed by atoms with Crippen LogP contribution >= 0.6 is 0 Å². The highest BCUT2D eigenvalue weighted by Crippen LogP contribution is 2.23. The molecule has 0 fully saturated rings.